The van der Waals surface area contributed by atoms with Crippen LogP contribution in [0.2, 0.25) is 0 Å². The molecule has 0 aromatic heterocycles. The first-order valence-electron chi connectivity index (χ1n) is 16.2. The number of amides is 2. The van der Waals surface area contributed by atoms with Gasteiger partial charge in [0.25, 0.3) is 5.91 Å². The predicted octanol–water partition coefficient (Wildman–Crippen LogP) is 6.78. The lowest BCUT2D eigenvalue weighted by Crippen LogP contribution is -2.52. The summed E-state index contributed by atoms with van der Waals surface area (Å²) in [4.78, 5) is 33.2. The van der Waals surface area contributed by atoms with Gasteiger partial charge in [-0.1, -0.05) is 91.0 Å². The molecule has 1 spiro atoms. The Balaban J connectivity index is 1.40. The minimum atomic E-state index is -6.11. The Bertz CT molecular complexity index is 2120. The van der Waals surface area contributed by atoms with Crippen LogP contribution in [0.3, 0.4) is 0 Å². The Hall–Kier alpha value is -4.98. The number of alkyl halides is 3. The van der Waals surface area contributed by atoms with Gasteiger partial charge in [-0.15, -0.1) is 0 Å². The fourth-order valence-electron chi connectivity index (χ4n) is 7.13. The van der Waals surface area contributed by atoms with Gasteiger partial charge in [0.05, 0.1) is 24.9 Å². The summed E-state index contributed by atoms with van der Waals surface area (Å²) in [5.41, 5.74) is -4.98. The number of hydrogen-bond donors (Lipinski definition) is 0. The van der Waals surface area contributed by atoms with Gasteiger partial charge in [-0.2, -0.15) is 21.6 Å². The highest BCUT2D eigenvalue weighted by molar-refractivity contribution is 7.88. The topological polar surface area (TPSA) is 102 Å². The summed E-state index contributed by atoms with van der Waals surface area (Å²) in [5.74, 6) is -2.90. The lowest BCUT2D eigenvalue weighted by molar-refractivity contribution is -0.145. The molecule has 2 aliphatic heterocycles. The molecule has 1 aliphatic carbocycles. The second-order valence-corrected chi connectivity index (χ2v) is 14.6. The Morgan fingerprint density at radius 1 is 0.882 bits per heavy atom. The number of fused-ring (bicyclic) bond motifs is 3. The molecule has 1 fully saturated rings. The van der Waals surface area contributed by atoms with E-state index in [1.165, 1.54) is 18.2 Å². The highest BCUT2D eigenvalue weighted by atomic mass is 32.2. The summed E-state index contributed by atoms with van der Waals surface area (Å²) >= 11 is 0. The zero-order valence-corrected chi connectivity index (χ0v) is 28.4. The average Bonchev–Trinajstić information content (AvgIpc) is 3.52. The molecule has 4 aromatic carbocycles. The number of rotatable bonds is 8. The van der Waals surface area contributed by atoms with Crippen LogP contribution in [0.25, 0.3) is 0 Å². The van der Waals surface area contributed by atoms with Crippen LogP contribution in [0.15, 0.2) is 121 Å². The lowest BCUT2D eigenvalue weighted by atomic mass is 9.66. The van der Waals surface area contributed by atoms with Crippen LogP contribution >= 0.6 is 0 Å². The van der Waals surface area contributed by atoms with E-state index >= 15 is 9.59 Å². The van der Waals surface area contributed by atoms with Crippen LogP contribution in [-0.4, -0.2) is 43.7 Å². The highest BCUT2D eigenvalue weighted by Gasteiger charge is 2.61. The summed E-state index contributed by atoms with van der Waals surface area (Å²) in [6.07, 6.45) is 0.225. The fraction of sp³-hybridized carbons (Fsp3) is 0.263. The van der Waals surface area contributed by atoms with Gasteiger partial charge in [-0.05, 0) is 61.2 Å². The van der Waals surface area contributed by atoms with Gasteiger partial charge in [0.2, 0.25) is 5.91 Å². The molecule has 7 rings (SSSR count). The van der Waals surface area contributed by atoms with Crippen molar-refractivity contribution in [2.45, 2.75) is 62.3 Å². The third-order valence-electron chi connectivity index (χ3n) is 9.27. The van der Waals surface area contributed by atoms with Crippen LogP contribution in [-0.2, 0) is 47.7 Å². The number of carbonyl (C=O) groups is 2. The Morgan fingerprint density at radius 2 is 1.49 bits per heavy atom. The molecule has 0 bridgehead atoms. The molecule has 13 heteroatoms. The first kappa shape index (κ1) is 34.5. The van der Waals surface area contributed by atoms with Crippen molar-refractivity contribution in [3.8, 4) is 5.75 Å². The number of nitrogens with zero attached hydrogens (tertiary/aromatic N) is 2. The van der Waals surface area contributed by atoms with Crippen LogP contribution in [0.4, 0.5) is 24.5 Å². The maximum atomic E-state index is 15.3. The van der Waals surface area contributed by atoms with E-state index in [0.29, 0.717) is 16.8 Å². The molecule has 0 N–H and O–H groups in total. The van der Waals surface area contributed by atoms with Crippen molar-refractivity contribution in [2.24, 2.45) is 0 Å². The second kappa shape index (κ2) is 12.7. The van der Waals surface area contributed by atoms with Gasteiger partial charge in [-0.25, -0.2) is 0 Å². The van der Waals surface area contributed by atoms with Gasteiger partial charge in [0.15, 0.2) is 11.5 Å². The number of benzene rings is 4. The third-order valence-corrected chi connectivity index (χ3v) is 10.2. The number of para-hydroxylation sites is 3. The maximum absolute atomic E-state index is 15.3. The van der Waals surface area contributed by atoms with Gasteiger partial charge in [0, 0.05) is 11.3 Å². The summed E-state index contributed by atoms with van der Waals surface area (Å²) in [6.45, 7) is 3.46. The highest BCUT2D eigenvalue weighted by Crippen LogP contribution is 2.55. The van der Waals surface area contributed by atoms with Gasteiger partial charge >= 0.3 is 15.6 Å². The molecule has 1 saturated heterocycles. The minimum absolute atomic E-state index is 0.0162. The molecule has 0 saturated carbocycles. The van der Waals surface area contributed by atoms with Crippen LogP contribution in [0, 0.1) is 0 Å². The molecule has 51 heavy (non-hydrogen) atoms. The van der Waals surface area contributed by atoms with Gasteiger partial charge in [0.1, 0.15) is 11.5 Å². The summed E-state index contributed by atoms with van der Waals surface area (Å²) in [7, 11) is -6.11. The van der Waals surface area contributed by atoms with E-state index in [0.717, 1.165) is 16.5 Å². The molecule has 0 radical (unpaired) electrons. The van der Waals surface area contributed by atoms with E-state index in [2.05, 4.69) is 4.18 Å². The van der Waals surface area contributed by atoms with E-state index in [9.17, 15) is 21.6 Å². The molecular weight excluding hydrogens is 685 g/mol. The SMILES string of the molecule is CC1(C)O[C@@H]2C=C(C(=O)N(Cc3ccccc3)c3ccccc3OS(=O)(=O)C(F)(F)F)[C@]3(C[C@H]2O1)C(=O)N(Cc1ccccc1)c1ccccc13. The first-order chi connectivity index (χ1) is 24.2. The Labute approximate surface area is 293 Å². The number of carbonyl (C=O) groups excluding carboxylic acids is 2. The monoisotopic (exact) mass is 718 g/mol. The van der Waals surface area contributed by atoms with Crippen LogP contribution < -0.4 is 14.0 Å². The molecule has 0 unspecified atom stereocenters. The standard InChI is InChI=1S/C38H33F3N2O7S/c1-36(2)48-32-21-28(37(22-33(32)49-36)27-17-9-10-18-29(27)43(35(37)45)24-26-15-7-4-8-16-26)34(44)42(23-25-13-5-3-6-14-25)30-19-11-12-20-31(30)50-51(46,47)38(39,40)41/h3-21,32-33H,22-24H2,1-2H3/t32-,33-,37-/m1/s1. The number of halogens is 3. The van der Waals surface area contributed by atoms with Crippen molar-refractivity contribution in [3.05, 3.63) is 138 Å². The maximum Gasteiger partial charge on any atom is 0.534 e. The number of hydrogen-bond acceptors (Lipinski definition) is 7. The van der Waals surface area contributed by atoms with Crippen molar-refractivity contribution in [1.82, 2.24) is 0 Å². The molecule has 2 heterocycles. The molecular formula is C38H33F3N2O7S. The third kappa shape index (κ3) is 6.19. The Kier molecular flexibility index (Phi) is 8.55. The molecule has 4 aromatic rings. The normalized spacial score (nSPS) is 22.3. The van der Waals surface area contributed by atoms with E-state index in [1.54, 1.807) is 73.4 Å². The van der Waals surface area contributed by atoms with Crippen molar-refractivity contribution in [2.75, 3.05) is 9.80 Å². The fourth-order valence-corrected chi connectivity index (χ4v) is 7.61. The van der Waals surface area contributed by atoms with E-state index in [-0.39, 0.29) is 36.7 Å². The first-order valence-corrected chi connectivity index (χ1v) is 17.6. The Morgan fingerprint density at radius 3 is 2.18 bits per heavy atom. The molecule has 9 nitrogen and oxygen atoms in total. The zero-order valence-electron chi connectivity index (χ0n) is 27.5. The molecule has 3 aliphatic rings. The van der Waals surface area contributed by atoms with E-state index < -0.39 is 50.7 Å². The number of anilines is 2. The van der Waals surface area contributed by atoms with Crippen molar-refractivity contribution in [1.29, 1.82) is 0 Å². The summed E-state index contributed by atoms with van der Waals surface area (Å²) < 4.78 is 82.2. The van der Waals surface area contributed by atoms with Gasteiger partial charge in [-0.3, -0.25) is 9.59 Å². The molecule has 2 amide bonds. The van der Waals surface area contributed by atoms with Crippen LogP contribution in [0.5, 0.6) is 5.75 Å². The molecule has 3 atom stereocenters. The summed E-state index contributed by atoms with van der Waals surface area (Å²) in [6, 6.07) is 30.3. The average molecular weight is 719 g/mol. The minimum Gasteiger partial charge on any atom is -0.374 e. The molecule has 264 valence electrons. The van der Waals surface area contributed by atoms with E-state index in [4.69, 9.17) is 9.47 Å². The number of ether oxygens (including phenoxy) is 2. The zero-order chi connectivity index (χ0) is 36.2. The van der Waals surface area contributed by atoms with Crippen molar-refractivity contribution >= 4 is 33.3 Å². The smallest absolute Gasteiger partial charge is 0.374 e. The van der Waals surface area contributed by atoms with Gasteiger partial charge < -0.3 is 23.5 Å². The van der Waals surface area contributed by atoms with Crippen molar-refractivity contribution < 1.29 is 44.8 Å². The second-order valence-electron chi connectivity index (χ2n) is 13.1. The summed E-state index contributed by atoms with van der Waals surface area (Å²) in [5, 5.41) is 0. The lowest BCUT2D eigenvalue weighted by Gasteiger charge is -2.39. The van der Waals surface area contributed by atoms with E-state index in [1.807, 2.05) is 36.4 Å². The quantitative estimate of drug-likeness (QED) is 0.146. The largest absolute Gasteiger partial charge is 0.534 e. The predicted molar refractivity (Wildman–Crippen MR) is 182 cm³/mol. The van der Waals surface area contributed by atoms with Crippen LogP contribution in [0.1, 0.15) is 37.0 Å². The van der Waals surface area contributed by atoms with Crippen molar-refractivity contribution in [3.63, 3.8) is 0 Å².